The average molecular weight is 368 g/mol. The summed E-state index contributed by atoms with van der Waals surface area (Å²) in [4.78, 5) is 25.7. The number of amides is 1. The van der Waals surface area contributed by atoms with Gasteiger partial charge >= 0.3 is 0 Å². The quantitative estimate of drug-likeness (QED) is 0.741. The molecule has 3 aromatic rings. The zero-order valence-electron chi connectivity index (χ0n) is 14.8. The van der Waals surface area contributed by atoms with Gasteiger partial charge in [0.1, 0.15) is 11.7 Å². The van der Waals surface area contributed by atoms with Gasteiger partial charge in [-0.15, -0.1) is 11.3 Å². The molecule has 0 bridgehead atoms. The third-order valence-corrected chi connectivity index (χ3v) is 5.44. The Morgan fingerprint density at radius 3 is 2.50 bits per heavy atom. The van der Waals surface area contributed by atoms with Gasteiger partial charge in [0.05, 0.1) is 0 Å². The molecule has 6 heteroatoms. The first-order chi connectivity index (χ1) is 12.4. The molecule has 3 rings (SSSR count). The molecule has 0 fully saturated rings. The van der Waals surface area contributed by atoms with Crippen molar-refractivity contribution < 1.29 is 9.90 Å². The number of pyridine rings is 1. The van der Waals surface area contributed by atoms with E-state index in [1.807, 2.05) is 31.4 Å². The minimum Gasteiger partial charge on any atom is -0.383 e. The predicted octanol–water partition coefficient (Wildman–Crippen LogP) is 3.40. The van der Waals surface area contributed by atoms with E-state index in [2.05, 4.69) is 5.32 Å². The lowest BCUT2D eigenvalue weighted by Crippen LogP contribution is -2.29. The van der Waals surface area contributed by atoms with Crippen LogP contribution in [0.5, 0.6) is 0 Å². The lowest BCUT2D eigenvalue weighted by atomic mass is 10.1. The van der Waals surface area contributed by atoms with E-state index in [4.69, 9.17) is 0 Å². The molecule has 26 heavy (non-hydrogen) atoms. The van der Waals surface area contributed by atoms with E-state index in [0.717, 1.165) is 21.7 Å². The number of aryl methyl sites for hydroxylation is 1. The van der Waals surface area contributed by atoms with Crippen molar-refractivity contribution in [2.75, 3.05) is 5.32 Å². The lowest BCUT2D eigenvalue weighted by Gasteiger charge is -2.12. The Morgan fingerprint density at radius 1 is 1.19 bits per heavy atom. The number of benzene rings is 1. The van der Waals surface area contributed by atoms with Crippen molar-refractivity contribution in [3.63, 3.8) is 0 Å². The molecule has 1 amide bonds. The van der Waals surface area contributed by atoms with E-state index >= 15 is 0 Å². The number of hydrogen-bond donors (Lipinski definition) is 2. The molecule has 134 valence electrons. The number of rotatable bonds is 4. The van der Waals surface area contributed by atoms with Gasteiger partial charge in [-0.25, -0.2) is 0 Å². The zero-order chi connectivity index (χ0) is 18.8. The largest absolute Gasteiger partial charge is 0.383 e. The van der Waals surface area contributed by atoms with Gasteiger partial charge < -0.3 is 15.0 Å². The summed E-state index contributed by atoms with van der Waals surface area (Å²) < 4.78 is 1.48. The maximum atomic E-state index is 12.5. The van der Waals surface area contributed by atoms with Crippen molar-refractivity contribution in [1.82, 2.24) is 4.57 Å². The fraction of sp³-hybridized carbons (Fsp3) is 0.200. The van der Waals surface area contributed by atoms with E-state index in [0.29, 0.717) is 5.69 Å². The maximum Gasteiger partial charge on any atom is 0.263 e. The zero-order valence-corrected chi connectivity index (χ0v) is 15.6. The summed E-state index contributed by atoms with van der Waals surface area (Å²) in [6, 6.07) is 12.3. The van der Waals surface area contributed by atoms with Crippen LogP contribution in [0, 0.1) is 13.8 Å². The molecule has 1 unspecified atom stereocenters. The maximum absolute atomic E-state index is 12.5. The van der Waals surface area contributed by atoms with Gasteiger partial charge in [0, 0.05) is 23.3 Å². The Bertz CT molecular complexity index is 989. The highest BCUT2D eigenvalue weighted by Crippen LogP contribution is 2.26. The van der Waals surface area contributed by atoms with Crippen molar-refractivity contribution in [2.24, 2.45) is 7.05 Å². The number of thiophene rings is 1. The highest BCUT2D eigenvalue weighted by atomic mass is 32.1. The summed E-state index contributed by atoms with van der Waals surface area (Å²) in [6.07, 6.45) is -0.688. The summed E-state index contributed by atoms with van der Waals surface area (Å²) >= 11 is 1.49. The Hall–Kier alpha value is -2.70. The van der Waals surface area contributed by atoms with Crippen molar-refractivity contribution in [3.05, 3.63) is 85.5 Å². The molecule has 1 aromatic carbocycles. The van der Waals surface area contributed by atoms with E-state index in [9.17, 15) is 14.7 Å². The second-order valence-corrected chi connectivity index (χ2v) is 7.16. The summed E-state index contributed by atoms with van der Waals surface area (Å²) in [5, 5.41) is 15.0. The number of carbonyl (C=O) groups excluding carboxylic acids is 1. The first kappa shape index (κ1) is 18.1. The Labute approximate surface area is 155 Å². The van der Waals surface area contributed by atoms with Crippen molar-refractivity contribution >= 4 is 22.9 Å². The molecule has 0 radical (unpaired) electrons. The van der Waals surface area contributed by atoms with E-state index in [-0.39, 0.29) is 11.1 Å². The lowest BCUT2D eigenvalue weighted by molar-refractivity contribution is 0.102. The minimum atomic E-state index is -0.688. The Balaban J connectivity index is 1.80. The summed E-state index contributed by atoms with van der Waals surface area (Å²) in [5.41, 5.74) is 2.81. The standard InChI is InChI=1S/C20H20N2O3S/c1-12-11-16(20(25)22(3)13(12)2)19(24)21-15-8-6-14(7-9-15)18(23)17-5-4-10-26-17/h4-11,18,23H,1-3H3,(H,21,24). The second kappa shape index (κ2) is 7.27. The summed E-state index contributed by atoms with van der Waals surface area (Å²) in [7, 11) is 1.65. The second-order valence-electron chi connectivity index (χ2n) is 6.18. The summed E-state index contributed by atoms with van der Waals surface area (Å²) in [6.45, 7) is 3.71. The Kier molecular flexibility index (Phi) is 5.06. The summed E-state index contributed by atoms with van der Waals surface area (Å²) in [5.74, 6) is -0.444. The van der Waals surface area contributed by atoms with Crippen LogP contribution in [0.3, 0.4) is 0 Å². The van der Waals surface area contributed by atoms with Gasteiger partial charge in [0.15, 0.2) is 0 Å². The van der Waals surface area contributed by atoms with E-state index < -0.39 is 12.0 Å². The highest BCUT2D eigenvalue weighted by Gasteiger charge is 2.15. The number of anilines is 1. The van der Waals surface area contributed by atoms with Gasteiger partial charge in [0.2, 0.25) is 0 Å². The van der Waals surface area contributed by atoms with Crippen molar-refractivity contribution in [1.29, 1.82) is 0 Å². The van der Waals surface area contributed by atoms with Crippen molar-refractivity contribution in [2.45, 2.75) is 20.0 Å². The number of hydrogen-bond acceptors (Lipinski definition) is 4. The smallest absolute Gasteiger partial charge is 0.263 e. The van der Waals surface area contributed by atoms with E-state index in [1.54, 1.807) is 37.4 Å². The van der Waals surface area contributed by atoms with Crippen LogP contribution in [0.4, 0.5) is 5.69 Å². The van der Waals surface area contributed by atoms with Crippen LogP contribution in [0.2, 0.25) is 0 Å². The molecule has 2 aromatic heterocycles. The predicted molar refractivity (Wildman–Crippen MR) is 104 cm³/mol. The Morgan fingerprint density at radius 2 is 1.88 bits per heavy atom. The fourth-order valence-corrected chi connectivity index (χ4v) is 3.44. The van der Waals surface area contributed by atoms with Gasteiger partial charge in [-0.1, -0.05) is 18.2 Å². The molecule has 1 atom stereocenters. The molecule has 0 aliphatic heterocycles. The van der Waals surface area contributed by atoms with Gasteiger partial charge in [-0.3, -0.25) is 9.59 Å². The monoisotopic (exact) mass is 368 g/mol. The van der Waals surface area contributed by atoms with Crippen LogP contribution in [0.1, 0.15) is 38.2 Å². The molecule has 2 heterocycles. The third-order valence-electron chi connectivity index (χ3n) is 4.51. The number of aliphatic hydroxyl groups is 1. The topological polar surface area (TPSA) is 71.3 Å². The van der Waals surface area contributed by atoms with Crippen LogP contribution < -0.4 is 10.9 Å². The van der Waals surface area contributed by atoms with Gasteiger partial charge in [0.25, 0.3) is 11.5 Å². The van der Waals surface area contributed by atoms with Gasteiger partial charge in [-0.2, -0.15) is 0 Å². The molecular formula is C20H20N2O3S. The molecule has 0 saturated carbocycles. The fourth-order valence-electron chi connectivity index (χ4n) is 2.70. The molecule has 2 N–H and O–H groups in total. The number of carbonyl (C=O) groups is 1. The number of aliphatic hydroxyl groups excluding tert-OH is 1. The third kappa shape index (κ3) is 3.47. The van der Waals surface area contributed by atoms with Crippen LogP contribution in [-0.4, -0.2) is 15.6 Å². The first-order valence-electron chi connectivity index (χ1n) is 8.18. The molecule has 0 saturated heterocycles. The average Bonchev–Trinajstić information content (AvgIpc) is 3.17. The molecular weight excluding hydrogens is 348 g/mol. The molecule has 0 aliphatic rings. The number of nitrogens with one attached hydrogen (secondary N) is 1. The molecule has 0 spiro atoms. The SMILES string of the molecule is Cc1cc(C(=O)Nc2ccc(C(O)c3cccs3)cc2)c(=O)n(C)c1C. The van der Waals surface area contributed by atoms with Crippen LogP contribution in [-0.2, 0) is 7.05 Å². The van der Waals surface area contributed by atoms with Gasteiger partial charge in [-0.05, 0) is 54.6 Å². The normalized spacial score (nSPS) is 12.0. The van der Waals surface area contributed by atoms with Crippen LogP contribution in [0.15, 0.2) is 52.6 Å². The van der Waals surface area contributed by atoms with E-state index in [1.165, 1.54) is 15.9 Å². The molecule has 5 nitrogen and oxygen atoms in total. The number of aromatic nitrogens is 1. The van der Waals surface area contributed by atoms with Crippen LogP contribution in [0.25, 0.3) is 0 Å². The first-order valence-corrected chi connectivity index (χ1v) is 9.06. The minimum absolute atomic E-state index is 0.110. The molecule has 0 aliphatic carbocycles. The van der Waals surface area contributed by atoms with Crippen molar-refractivity contribution in [3.8, 4) is 0 Å². The highest BCUT2D eigenvalue weighted by molar-refractivity contribution is 7.10. The van der Waals surface area contributed by atoms with Crippen LogP contribution >= 0.6 is 11.3 Å². The number of nitrogens with zero attached hydrogens (tertiary/aromatic N) is 1.